The summed E-state index contributed by atoms with van der Waals surface area (Å²) in [4.78, 5) is 12.7. The number of fused-ring (bicyclic) bond motifs is 2. The molecule has 0 fully saturated rings. The molecule has 1 amide bonds. The minimum atomic E-state index is -0.245. The maximum Gasteiger partial charge on any atom is 0.237 e. The molecule has 0 aliphatic carbocycles. The molecule has 0 radical (unpaired) electrons. The Morgan fingerprint density at radius 2 is 1.96 bits per heavy atom. The number of anilines is 1. The fourth-order valence-electron chi connectivity index (χ4n) is 3.33. The highest BCUT2D eigenvalue weighted by Gasteiger charge is 2.21. The van der Waals surface area contributed by atoms with Crippen LogP contribution in [-0.2, 0) is 17.8 Å². The maximum absolute atomic E-state index is 12.7. The Labute approximate surface area is 157 Å². The van der Waals surface area contributed by atoms with Gasteiger partial charge in [-0.3, -0.25) is 4.79 Å². The van der Waals surface area contributed by atoms with Crippen molar-refractivity contribution in [2.75, 3.05) is 5.32 Å². The third kappa shape index (κ3) is 3.46. The van der Waals surface area contributed by atoms with E-state index in [0.717, 1.165) is 46.8 Å². The second-order valence-corrected chi connectivity index (χ2v) is 7.95. The van der Waals surface area contributed by atoms with E-state index in [9.17, 15) is 4.79 Å². The van der Waals surface area contributed by atoms with Gasteiger partial charge in [0.15, 0.2) is 5.16 Å². The van der Waals surface area contributed by atoms with Crippen molar-refractivity contribution in [2.45, 2.75) is 49.6 Å². The van der Waals surface area contributed by atoms with Crippen molar-refractivity contribution < 1.29 is 4.79 Å². The van der Waals surface area contributed by atoms with E-state index in [1.54, 1.807) is 0 Å². The van der Waals surface area contributed by atoms with Crippen LogP contribution in [0.1, 0.15) is 32.0 Å². The van der Waals surface area contributed by atoms with Crippen molar-refractivity contribution in [1.29, 1.82) is 0 Å². The molecule has 0 unspecified atom stereocenters. The molecule has 1 atom stereocenters. The largest absolute Gasteiger partial charge is 0.325 e. The number of rotatable bonds is 4. The second-order valence-electron chi connectivity index (χ2n) is 6.64. The molecule has 1 aliphatic heterocycles. The fraction of sp³-hybridized carbons (Fsp3) is 0.350. The van der Waals surface area contributed by atoms with E-state index >= 15 is 0 Å². The molecule has 2 heterocycles. The molecule has 5 nitrogen and oxygen atoms in total. The SMILES string of the molecule is C[C@@H](Sc1nnc2n1CCCCC2)C(=O)Nc1cccc2ccccc12. The Balaban J connectivity index is 1.49. The number of hydrogen-bond acceptors (Lipinski definition) is 4. The van der Waals surface area contributed by atoms with Gasteiger partial charge in [-0.25, -0.2) is 0 Å². The normalized spacial score (nSPS) is 15.3. The smallest absolute Gasteiger partial charge is 0.237 e. The predicted molar refractivity (Wildman–Crippen MR) is 105 cm³/mol. The standard InChI is InChI=1S/C20H22N4OS/c1-14(26-20-23-22-18-12-3-2-6-13-24(18)20)19(25)21-17-11-7-9-15-8-4-5-10-16(15)17/h4-5,7-11,14H,2-3,6,12-13H2,1H3,(H,21,25)/t14-/m1/s1. The number of aryl methyl sites for hydroxylation is 1. The molecule has 6 heteroatoms. The van der Waals surface area contributed by atoms with Gasteiger partial charge >= 0.3 is 0 Å². The molecule has 3 aromatic rings. The Hall–Kier alpha value is -2.34. The topological polar surface area (TPSA) is 59.8 Å². The van der Waals surface area contributed by atoms with Gasteiger partial charge < -0.3 is 9.88 Å². The van der Waals surface area contributed by atoms with Gasteiger partial charge in [-0.1, -0.05) is 54.6 Å². The highest BCUT2D eigenvalue weighted by molar-refractivity contribution is 8.00. The molecule has 0 saturated carbocycles. The van der Waals surface area contributed by atoms with Crippen molar-refractivity contribution in [3.05, 3.63) is 48.3 Å². The van der Waals surface area contributed by atoms with Gasteiger partial charge in [0.05, 0.1) is 5.25 Å². The van der Waals surface area contributed by atoms with E-state index in [0.29, 0.717) is 0 Å². The van der Waals surface area contributed by atoms with Crippen molar-refractivity contribution in [3.8, 4) is 0 Å². The summed E-state index contributed by atoms with van der Waals surface area (Å²) in [6.07, 6.45) is 4.52. The number of thioether (sulfide) groups is 1. The number of benzene rings is 2. The van der Waals surface area contributed by atoms with E-state index in [1.165, 1.54) is 24.6 Å². The summed E-state index contributed by atoms with van der Waals surface area (Å²) in [5.41, 5.74) is 0.848. The lowest BCUT2D eigenvalue weighted by molar-refractivity contribution is -0.115. The highest BCUT2D eigenvalue weighted by Crippen LogP contribution is 2.27. The van der Waals surface area contributed by atoms with Gasteiger partial charge in [0.25, 0.3) is 0 Å². The lowest BCUT2D eigenvalue weighted by Gasteiger charge is -2.14. The fourth-order valence-corrected chi connectivity index (χ4v) is 4.22. The van der Waals surface area contributed by atoms with Crippen LogP contribution in [0.4, 0.5) is 5.69 Å². The van der Waals surface area contributed by atoms with Crippen LogP contribution < -0.4 is 5.32 Å². The Morgan fingerprint density at radius 3 is 2.88 bits per heavy atom. The van der Waals surface area contributed by atoms with Crippen LogP contribution in [0.25, 0.3) is 10.8 Å². The van der Waals surface area contributed by atoms with Crippen molar-refractivity contribution in [3.63, 3.8) is 0 Å². The van der Waals surface area contributed by atoms with E-state index in [1.807, 2.05) is 37.3 Å². The maximum atomic E-state index is 12.7. The average molecular weight is 366 g/mol. The summed E-state index contributed by atoms with van der Waals surface area (Å²) >= 11 is 1.48. The summed E-state index contributed by atoms with van der Waals surface area (Å²) in [6, 6.07) is 14.0. The van der Waals surface area contributed by atoms with Crippen LogP contribution in [-0.4, -0.2) is 25.9 Å². The van der Waals surface area contributed by atoms with E-state index in [-0.39, 0.29) is 11.2 Å². The monoisotopic (exact) mass is 366 g/mol. The van der Waals surface area contributed by atoms with Gasteiger partial charge in [0.1, 0.15) is 5.82 Å². The molecule has 1 aromatic heterocycles. The molecular formula is C20H22N4OS. The number of amides is 1. The van der Waals surface area contributed by atoms with Gasteiger partial charge in [-0.15, -0.1) is 10.2 Å². The zero-order valence-corrected chi connectivity index (χ0v) is 15.6. The van der Waals surface area contributed by atoms with Crippen molar-refractivity contribution >= 4 is 34.1 Å². The molecule has 4 rings (SSSR count). The first-order chi connectivity index (χ1) is 12.7. The van der Waals surface area contributed by atoms with Crippen molar-refractivity contribution in [2.24, 2.45) is 0 Å². The summed E-state index contributed by atoms with van der Waals surface area (Å²) < 4.78 is 2.18. The predicted octanol–water partition coefficient (Wildman–Crippen LogP) is 4.28. The molecule has 26 heavy (non-hydrogen) atoms. The summed E-state index contributed by atoms with van der Waals surface area (Å²) in [7, 11) is 0. The molecule has 2 aromatic carbocycles. The molecule has 0 saturated heterocycles. The molecule has 1 N–H and O–H groups in total. The quantitative estimate of drug-likeness (QED) is 0.700. The van der Waals surface area contributed by atoms with Crippen LogP contribution in [0.3, 0.4) is 0 Å². The zero-order chi connectivity index (χ0) is 17.9. The number of aromatic nitrogens is 3. The summed E-state index contributed by atoms with van der Waals surface area (Å²) in [5, 5.41) is 14.5. The first-order valence-electron chi connectivity index (χ1n) is 9.10. The van der Waals surface area contributed by atoms with Gasteiger partial charge in [0, 0.05) is 24.0 Å². The number of nitrogens with zero attached hydrogens (tertiary/aromatic N) is 3. The lowest BCUT2D eigenvalue weighted by atomic mass is 10.1. The van der Waals surface area contributed by atoms with Crippen LogP contribution >= 0.6 is 11.8 Å². The Bertz CT molecular complexity index is 931. The number of hydrogen-bond donors (Lipinski definition) is 1. The summed E-state index contributed by atoms with van der Waals surface area (Å²) in [6.45, 7) is 2.87. The molecule has 134 valence electrons. The van der Waals surface area contributed by atoms with Crippen LogP contribution in [0.2, 0.25) is 0 Å². The summed E-state index contributed by atoms with van der Waals surface area (Å²) in [5.74, 6) is 1.03. The average Bonchev–Trinajstić information content (AvgIpc) is 2.88. The molecule has 1 aliphatic rings. The lowest BCUT2D eigenvalue weighted by Crippen LogP contribution is -2.23. The van der Waals surface area contributed by atoms with Crippen LogP contribution in [0.5, 0.6) is 0 Å². The van der Waals surface area contributed by atoms with Gasteiger partial charge in [-0.2, -0.15) is 0 Å². The highest BCUT2D eigenvalue weighted by atomic mass is 32.2. The number of nitrogens with one attached hydrogen (secondary N) is 1. The number of carbonyl (C=O) groups excluding carboxylic acids is 1. The van der Waals surface area contributed by atoms with E-state index in [2.05, 4.69) is 32.2 Å². The Kier molecular flexibility index (Phi) is 4.93. The van der Waals surface area contributed by atoms with Crippen molar-refractivity contribution in [1.82, 2.24) is 14.8 Å². The van der Waals surface area contributed by atoms with Gasteiger partial charge in [-0.05, 0) is 31.2 Å². The zero-order valence-electron chi connectivity index (χ0n) is 14.8. The first-order valence-corrected chi connectivity index (χ1v) is 9.98. The van der Waals surface area contributed by atoms with E-state index in [4.69, 9.17) is 0 Å². The third-order valence-corrected chi connectivity index (χ3v) is 5.85. The van der Waals surface area contributed by atoms with Crippen LogP contribution in [0, 0.1) is 0 Å². The van der Waals surface area contributed by atoms with Crippen LogP contribution in [0.15, 0.2) is 47.6 Å². The minimum absolute atomic E-state index is 0.0164. The third-order valence-electron chi connectivity index (χ3n) is 4.77. The Morgan fingerprint density at radius 1 is 1.12 bits per heavy atom. The molecule has 0 spiro atoms. The second kappa shape index (κ2) is 7.50. The first kappa shape index (κ1) is 17.1. The number of carbonyl (C=O) groups is 1. The van der Waals surface area contributed by atoms with Gasteiger partial charge in [0.2, 0.25) is 5.91 Å². The molecule has 0 bridgehead atoms. The molecular weight excluding hydrogens is 344 g/mol. The van der Waals surface area contributed by atoms with E-state index < -0.39 is 0 Å². The minimum Gasteiger partial charge on any atom is -0.325 e.